The molecule has 0 aliphatic heterocycles. The van der Waals surface area contributed by atoms with Crippen LogP contribution in [0.3, 0.4) is 0 Å². The number of aliphatic hydroxyl groups excluding tert-OH is 1. The summed E-state index contributed by atoms with van der Waals surface area (Å²) in [7, 11) is 0. The summed E-state index contributed by atoms with van der Waals surface area (Å²) in [6.45, 7) is 6.73. The topological polar surface area (TPSA) is 50.2 Å². The van der Waals surface area contributed by atoms with Crippen LogP contribution >= 0.6 is 0 Å². The fourth-order valence-electron chi connectivity index (χ4n) is 1.26. The Hall–Kier alpha value is -1.90. The summed E-state index contributed by atoms with van der Waals surface area (Å²) < 4.78 is 0. The summed E-state index contributed by atoms with van der Waals surface area (Å²) in [4.78, 5) is 15.1. The molecule has 0 saturated heterocycles. The van der Waals surface area contributed by atoms with Gasteiger partial charge in [0.05, 0.1) is 5.57 Å². The SMILES string of the molecule is C=C/C(C(C)=O)=C(/O)c1cnccc1C. The van der Waals surface area contributed by atoms with E-state index in [4.69, 9.17) is 0 Å². The van der Waals surface area contributed by atoms with Crippen LogP contribution < -0.4 is 0 Å². The molecule has 0 atom stereocenters. The molecule has 3 heteroatoms. The van der Waals surface area contributed by atoms with Crippen LogP contribution in [0.1, 0.15) is 18.1 Å². The minimum atomic E-state index is -0.217. The average Bonchev–Trinajstić information content (AvgIpc) is 2.18. The van der Waals surface area contributed by atoms with Gasteiger partial charge < -0.3 is 5.11 Å². The van der Waals surface area contributed by atoms with Gasteiger partial charge >= 0.3 is 0 Å². The molecule has 1 rings (SSSR count). The first kappa shape index (κ1) is 11.2. The molecule has 78 valence electrons. The van der Waals surface area contributed by atoms with Gasteiger partial charge in [-0.3, -0.25) is 9.78 Å². The predicted octanol–water partition coefficient (Wildman–Crippen LogP) is 2.43. The van der Waals surface area contributed by atoms with Crippen LogP contribution in [-0.2, 0) is 4.79 Å². The minimum Gasteiger partial charge on any atom is -0.506 e. The number of hydrogen-bond donors (Lipinski definition) is 1. The molecular weight excluding hydrogens is 190 g/mol. The Labute approximate surface area is 88.8 Å². The molecule has 15 heavy (non-hydrogen) atoms. The number of ketones is 1. The highest BCUT2D eigenvalue weighted by molar-refractivity contribution is 6.02. The molecule has 1 aromatic heterocycles. The van der Waals surface area contributed by atoms with Crippen LogP contribution in [0, 0.1) is 6.92 Å². The largest absolute Gasteiger partial charge is 0.506 e. The lowest BCUT2D eigenvalue weighted by molar-refractivity contribution is -0.113. The normalized spacial score (nSPS) is 11.9. The lowest BCUT2D eigenvalue weighted by Gasteiger charge is -2.06. The first-order valence-corrected chi connectivity index (χ1v) is 4.55. The number of rotatable bonds is 3. The van der Waals surface area contributed by atoms with Gasteiger partial charge in [0.15, 0.2) is 5.78 Å². The van der Waals surface area contributed by atoms with E-state index in [2.05, 4.69) is 11.6 Å². The van der Waals surface area contributed by atoms with Crippen molar-refractivity contribution in [3.05, 3.63) is 47.8 Å². The van der Waals surface area contributed by atoms with Crippen molar-refractivity contribution in [1.82, 2.24) is 4.98 Å². The number of hydrogen-bond acceptors (Lipinski definition) is 3. The third-order valence-electron chi connectivity index (χ3n) is 2.13. The summed E-state index contributed by atoms with van der Waals surface area (Å²) in [6, 6.07) is 1.77. The molecule has 0 spiro atoms. The molecule has 3 nitrogen and oxygen atoms in total. The Kier molecular flexibility index (Phi) is 3.39. The summed E-state index contributed by atoms with van der Waals surface area (Å²) in [5.41, 5.74) is 1.64. The molecule has 0 aliphatic rings. The first-order valence-electron chi connectivity index (χ1n) is 4.55. The zero-order chi connectivity index (χ0) is 11.4. The minimum absolute atomic E-state index is 0.0666. The van der Waals surface area contributed by atoms with Gasteiger partial charge in [0.1, 0.15) is 5.76 Å². The molecule has 0 aliphatic carbocycles. The van der Waals surface area contributed by atoms with E-state index in [1.54, 1.807) is 12.3 Å². The van der Waals surface area contributed by atoms with Crippen molar-refractivity contribution in [2.75, 3.05) is 0 Å². The number of carbonyl (C=O) groups excluding carboxylic acids is 1. The summed E-state index contributed by atoms with van der Waals surface area (Å²) in [5, 5.41) is 9.88. The number of aromatic nitrogens is 1. The van der Waals surface area contributed by atoms with Crippen molar-refractivity contribution < 1.29 is 9.90 Å². The lowest BCUT2D eigenvalue weighted by Crippen LogP contribution is -2.00. The molecule has 0 amide bonds. The summed E-state index contributed by atoms with van der Waals surface area (Å²) >= 11 is 0. The molecule has 0 bridgehead atoms. The fourth-order valence-corrected chi connectivity index (χ4v) is 1.26. The standard InChI is InChI=1S/C12H13NO2/c1-4-10(9(3)14)12(15)11-7-13-6-5-8(11)2/h4-7,15H,1H2,2-3H3/b12-10-. The first-order chi connectivity index (χ1) is 7.07. The smallest absolute Gasteiger partial charge is 0.163 e. The van der Waals surface area contributed by atoms with Gasteiger partial charge in [0, 0.05) is 18.0 Å². The number of carbonyl (C=O) groups is 1. The third-order valence-corrected chi connectivity index (χ3v) is 2.13. The average molecular weight is 203 g/mol. The number of aliphatic hydroxyl groups is 1. The van der Waals surface area contributed by atoms with Gasteiger partial charge in [0.25, 0.3) is 0 Å². The van der Waals surface area contributed by atoms with E-state index in [9.17, 15) is 9.90 Å². The van der Waals surface area contributed by atoms with Crippen molar-refractivity contribution in [3.8, 4) is 0 Å². The highest BCUT2D eigenvalue weighted by Crippen LogP contribution is 2.19. The number of pyridine rings is 1. The van der Waals surface area contributed by atoms with Gasteiger partial charge in [-0.05, 0) is 25.5 Å². The Morgan fingerprint density at radius 2 is 2.27 bits per heavy atom. The maximum Gasteiger partial charge on any atom is 0.163 e. The van der Waals surface area contributed by atoms with E-state index in [1.165, 1.54) is 19.2 Å². The van der Waals surface area contributed by atoms with E-state index < -0.39 is 0 Å². The van der Waals surface area contributed by atoms with Crippen molar-refractivity contribution in [2.24, 2.45) is 0 Å². The van der Waals surface area contributed by atoms with Crippen LogP contribution in [0.15, 0.2) is 36.7 Å². The second-order valence-corrected chi connectivity index (χ2v) is 3.21. The van der Waals surface area contributed by atoms with Crippen LogP contribution in [0.4, 0.5) is 0 Å². The molecular formula is C12H13NO2. The third kappa shape index (κ3) is 2.31. The zero-order valence-electron chi connectivity index (χ0n) is 8.82. The number of nitrogens with zero attached hydrogens (tertiary/aromatic N) is 1. The van der Waals surface area contributed by atoms with Gasteiger partial charge in [-0.25, -0.2) is 0 Å². The lowest BCUT2D eigenvalue weighted by atomic mass is 10.0. The zero-order valence-corrected chi connectivity index (χ0v) is 8.82. The van der Waals surface area contributed by atoms with Crippen LogP contribution in [0.5, 0.6) is 0 Å². The maximum absolute atomic E-state index is 11.2. The summed E-state index contributed by atoms with van der Waals surface area (Å²) in [5.74, 6) is -0.283. The van der Waals surface area contributed by atoms with E-state index in [0.717, 1.165) is 5.56 Å². The molecule has 1 aromatic rings. The van der Waals surface area contributed by atoms with Gasteiger partial charge in [-0.2, -0.15) is 0 Å². The second kappa shape index (κ2) is 4.55. The molecule has 0 radical (unpaired) electrons. The van der Waals surface area contributed by atoms with Crippen LogP contribution in [-0.4, -0.2) is 15.9 Å². The Morgan fingerprint density at radius 3 is 2.73 bits per heavy atom. The van der Waals surface area contributed by atoms with E-state index in [1.807, 2.05) is 6.92 Å². The molecule has 0 aromatic carbocycles. The molecule has 0 saturated carbocycles. The molecule has 0 fully saturated rings. The fraction of sp³-hybridized carbons (Fsp3) is 0.167. The van der Waals surface area contributed by atoms with E-state index in [-0.39, 0.29) is 17.1 Å². The number of aryl methyl sites for hydroxylation is 1. The van der Waals surface area contributed by atoms with Gasteiger partial charge in [-0.15, -0.1) is 0 Å². The van der Waals surface area contributed by atoms with Crippen LogP contribution in [0.25, 0.3) is 5.76 Å². The van der Waals surface area contributed by atoms with Crippen molar-refractivity contribution in [3.63, 3.8) is 0 Å². The van der Waals surface area contributed by atoms with E-state index in [0.29, 0.717) is 5.56 Å². The Bertz CT molecular complexity index is 433. The van der Waals surface area contributed by atoms with Gasteiger partial charge in [-0.1, -0.05) is 12.7 Å². The monoisotopic (exact) mass is 203 g/mol. The molecule has 1 N–H and O–H groups in total. The highest BCUT2D eigenvalue weighted by atomic mass is 16.3. The van der Waals surface area contributed by atoms with Crippen molar-refractivity contribution in [1.29, 1.82) is 0 Å². The summed E-state index contributed by atoms with van der Waals surface area (Å²) in [6.07, 6.45) is 4.51. The van der Waals surface area contributed by atoms with Gasteiger partial charge in [0.2, 0.25) is 0 Å². The Balaban J connectivity index is 3.35. The maximum atomic E-state index is 11.2. The number of Topliss-reactive ketones (excluding diaryl/α,β-unsaturated/α-hetero) is 1. The second-order valence-electron chi connectivity index (χ2n) is 3.21. The molecule has 0 unspecified atom stereocenters. The van der Waals surface area contributed by atoms with Crippen molar-refractivity contribution >= 4 is 11.5 Å². The molecule has 1 heterocycles. The van der Waals surface area contributed by atoms with E-state index >= 15 is 0 Å². The number of allylic oxidation sites excluding steroid dienone is 2. The Morgan fingerprint density at radius 1 is 1.60 bits per heavy atom. The quantitative estimate of drug-likeness (QED) is 0.466. The van der Waals surface area contributed by atoms with Crippen LogP contribution in [0.2, 0.25) is 0 Å². The predicted molar refractivity (Wildman–Crippen MR) is 59.4 cm³/mol. The highest BCUT2D eigenvalue weighted by Gasteiger charge is 2.11. The van der Waals surface area contributed by atoms with Crippen molar-refractivity contribution in [2.45, 2.75) is 13.8 Å².